The molecule has 5 heteroatoms. The molecule has 34 heavy (non-hydrogen) atoms. The average molecular weight is 460 g/mol. The summed E-state index contributed by atoms with van der Waals surface area (Å²) in [7, 11) is 0. The molecule has 1 amide bonds. The molecule has 5 nitrogen and oxygen atoms in total. The van der Waals surface area contributed by atoms with Crippen molar-refractivity contribution >= 4 is 11.7 Å². The molecule has 4 aliphatic rings. The molecule has 1 unspecified atom stereocenters. The van der Waals surface area contributed by atoms with Gasteiger partial charge in [-0.1, -0.05) is 74.5 Å². The van der Waals surface area contributed by atoms with Gasteiger partial charge in [-0.3, -0.25) is 19.8 Å². The molecule has 2 aromatic rings. The summed E-state index contributed by atoms with van der Waals surface area (Å²) in [4.78, 5) is 29.5. The fourth-order valence-electron chi connectivity index (χ4n) is 7.12. The Kier molecular flexibility index (Phi) is 6.34. The van der Waals surface area contributed by atoms with E-state index in [0.29, 0.717) is 18.4 Å². The number of hydrogen-bond acceptors (Lipinski definition) is 4. The highest BCUT2D eigenvalue weighted by Crippen LogP contribution is 2.55. The summed E-state index contributed by atoms with van der Waals surface area (Å²) in [5, 5.41) is 6.91. The lowest BCUT2D eigenvalue weighted by atomic mass is 9.55. The van der Waals surface area contributed by atoms with Crippen molar-refractivity contribution in [2.75, 3.05) is 13.1 Å². The molecule has 6 atom stereocenters. The molecular formula is C29H37N3O2. The zero-order valence-corrected chi connectivity index (χ0v) is 20.5. The van der Waals surface area contributed by atoms with Gasteiger partial charge in [0.1, 0.15) is 11.3 Å². The van der Waals surface area contributed by atoms with Crippen LogP contribution in [0.5, 0.6) is 0 Å². The second-order valence-electron chi connectivity index (χ2n) is 11.0. The van der Waals surface area contributed by atoms with Crippen LogP contribution in [0, 0.1) is 23.7 Å². The topological polar surface area (TPSA) is 61.4 Å². The van der Waals surface area contributed by atoms with Crippen LogP contribution >= 0.6 is 0 Å². The number of nitrogens with zero attached hydrogens (tertiary/aromatic N) is 1. The van der Waals surface area contributed by atoms with Crippen molar-refractivity contribution in [2.45, 2.75) is 57.8 Å². The van der Waals surface area contributed by atoms with Crippen LogP contribution in [0.4, 0.5) is 0 Å². The van der Waals surface area contributed by atoms with Gasteiger partial charge < -0.3 is 5.32 Å². The van der Waals surface area contributed by atoms with Gasteiger partial charge in [0.25, 0.3) is 0 Å². The molecule has 2 N–H and O–H groups in total. The minimum absolute atomic E-state index is 0.0445. The molecule has 1 saturated carbocycles. The Morgan fingerprint density at radius 3 is 2.32 bits per heavy atom. The fourth-order valence-corrected chi connectivity index (χ4v) is 7.12. The first-order valence-electron chi connectivity index (χ1n) is 12.8. The molecule has 2 aromatic carbocycles. The number of nitrogens with one attached hydrogen (secondary N) is 2. The number of amides is 1. The Hall–Kier alpha value is -2.50. The van der Waals surface area contributed by atoms with Gasteiger partial charge in [-0.2, -0.15) is 0 Å². The summed E-state index contributed by atoms with van der Waals surface area (Å²) in [5.74, 6) is 1.50. The van der Waals surface area contributed by atoms with Crippen LogP contribution in [-0.4, -0.2) is 47.3 Å². The second-order valence-corrected chi connectivity index (χ2v) is 11.0. The summed E-state index contributed by atoms with van der Waals surface area (Å²) in [6, 6.07) is 20.6. The molecule has 1 aliphatic carbocycles. The van der Waals surface area contributed by atoms with E-state index >= 15 is 0 Å². The number of Topliss-reactive ketones (excluding diaryl/α,β-unsaturated/α-hetero) is 1. The van der Waals surface area contributed by atoms with Crippen molar-refractivity contribution in [1.82, 2.24) is 15.5 Å². The van der Waals surface area contributed by atoms with Gasteiger partial charge in [0.05, 0.1) is 6.04 Å². The maximum absolute atomic E-state index is 14.1. The predicted octanol–water partition coefficient (Wildman–Crippen LogP) is 3.44. The maximum atomic E-state index is 14.1. The third-order valence-corrected chi connectivity index (χ3v) is 8.29. The summed E-state index contributed by atoms with van der Waals surface area (Å²) in [5.41, 5.74) is 1.60. The number of rotatable bonds is 8. The minimum atomic E-state index is -0.739. The van der Waals surface area contributed by atoms with E-state index in [1.54, 1.807) is 6.92 Å². The van der Waals surface area contributed by atoms with Crippen molar-refractivity contribution < 1.29 is 9.59 Å². The normalized spacial score (nSPS) is 32.2. The zero-order chi connectivity index (χ0) is 23.9. The van der Waals surface area contributed by atoms with E-state index in [1.165, 1.54) is 5.56 Å². The number of piperidine rings is 2. The molecule has 3 aliphatic heterocycles. The SMILES string of the molecule is CC(=O)C1N[C@@]2(C(=O)NCc3ccccc3)C[C@@H]3CN(CC(C)C)[C@@H]([C@H]13)[C@H]2Cc1ccccc1. The third-order valence-electron chi connectivity index (χ3n) is 8.29. The van der Waals surface area contributed by atoms with Crippen molar-refractivity contribution in [2.24, 2.45) is 23.7 Å². The Bertz CT molecular complexity index is 1020. The van der Waals surface area contributed by atoms with Gasteiger partial charge in [-0.25, -0.2) is 0 Å². The minimum Gasteiger partial charge on any atom is -0.350 e. The van der Waals surface area contributed by atoms with E-state index in [9.17, 15) is 9.59 Å². The van der Waals surface area contributed by atoms with Gasteiger partial charge in [-0.05, 0) is 42.7 Å². The molecule has 3 saturated heterocycles. The standard InChI is InChI=1S/C29H37N3O2/c1-19(2)17-32-18-23-15-29(28(34)30-16-22-12-8-5-9-13-22)24(14-21-10-6-4-7-11-21)27(32)25(23)26(31-29)20(3)33/h4-13,19,23-27,31H,14-18H2,1-3H3,(H,30,34)/t23-,24-,25+,26?,27-,29+/m1/s1. The lowest BCUT2D eigenvalue weighted by molar-refractivity contribution is -0.146. The number of carbonyl (C=O) groups excluding carboxylic acids is 2. The molecule has 0 aromatic heterocycles. The van der Waals surface area contributed by atoms with E-state index in [1.807, 2.05) is 36.4 Å². The summed E-state index contributed by atoms with van der Waals surface area (Å²) < 4.78 is 0. The number of carbonyl (C=O) groups is 2. The van der Waals surface area contributed by atoms with E-state index in [0.717, 1.165) is 31.5 Å². The van der Waals surface area contributed by atoms with Crippen molar-refractivity contribution in [3.05, 3.63) is 71.8 Å². The van der Waals surface area contributed by atoms with Gasteiger partial charge in [0.2, 0.25) is 5.91 Å². The quantitative estimate of drug-likeness (QED) is 0.635. The van der Waals surface area contributed by atoms with Crippen molar-refractivity contribution in [1.29, 1.82) is 0 Å². The van der Waals surface area contributed by atoms with Gasteiger partial charge in [0, 0.05) is 37.5 Å². The molecule has 0 radical (unpaired) electrons. The van der Waals surface area contributed by atoms with E-state index in [2.05, 4.69) is 53.6 Å². The van der Waals surface area contributed by atoms with E-state index in [-0.39, 0.29) is 35.6 Å². The molecule has 0 spiro atoms. The second kappa shape index (κ2) is 9.27. The van der Waals surface area contributed by atoms with E-state index in [4.69, 9.17) is 0 Å². The van der Waals surface area contributed by atoms with Crippen LogP contribution < -0.4 is 10.6 Å². The Balaban J connectivity index is 1.52. The molecule has 4 fully saturated rings. The lowest BCUT2D eigenvalue weighted by Crippen LogP contribution is -2.78. The van der Waals surface area contributed by atoms with Crippen LogP contribution in [0.15, 0.2) is 60.7 Å². The molecule has 180 valence electrons. The molecule has 4 bridgehead atoms. The van der Waals surface area contributed by atoms with Crippen molar-refractivity contribution in [3.8, 4) is 0 Å². The van der Waals surface area contributed by atoms with E-state index < -0.39 is 5.54 Å². The molecular weight excluding hydrogens is 422 g/mol. The van der Waals surface area contributed by atoms with Gasteiger partial charge in [0.15, 0.2) is 0 Å². The van der Waals surface area contributed by atoms with Crippen LogP contribution in [0.3, 0.4) is 0 Å². The highest BCUT2D eigenvalue weighted by molar-refractivity contribution is 5.91. The maximum Gasteiger partial charge on any atom is 0.240 e. The first-order valence-corrected chi connectivity index (χ1v) is 12.8. The third kappa shape index (κ3) is 4.09. The van der Waals surface area contributed by atoms with Crippen LogP contribution in [0.1, 0.15) is 38.3 Å². The van der Waals surface area contributed by atoms with Crippen LogP contribution in [0.25, 0.3) is 0 Å². The predicted molar refractivity (Wildman–Crippen MR) is 134 cm³/mol. The monoisotopic (exact) mass is 459 g/mol. The Labute approximate surface area is 203 Å². The number of ketones is 1. The Morgan fingerprint density at radius 1 is 1.06 bits per heavy atom. The van der Waals surface area contributed by atoms with Gasteiger partial charge in [-0.15, -0.1) is 0 Å². The van der Waals surface area contributed by atoms with Crippen LogP contribution in [0.2, 0.25) is 0 Å². The highest BCUT2D eigenvalue weighted by Gasteiger charge is 2.68. The number of benzene rings is 2. The Morgan fingerprint density at radius 2 is 1.71 bits per heavy atom. The number of likely N-dealkylation sites (tertiary alicyclic amines) is 1. The first kappa shape index (κ1) is 23.3. The largest absolute Gasteiger partial charge is 0.350 e. The summed E-state index contributed by atoms with van der Waals surface area (Å²) >= 11 is 0. The first-order chi connectivity index (χ1) is 16.4. The number of fused-ring (bicyclic) bond motifs is 1. The highest BCUT2D eigenvalue weighted by atomic mass is 16.2. The van der Waals surface area contributed by atoms with Gasteiger partial charge >= 0.3 is 0 Å². The van der Waals surface area contributed by atoms with Crippen LogP contribution in [-0.2, 0) is 22.6 Å². The van der Waals surface area contributed by atoms with Crippen molar-refractivity contribution in [3.63, 3.8) is 0 Å². The summed E-state index contributed by atoms with van der Waals surface area (Å²) in [6.45, 7) is 8.70. The molecule has 3 heterocycles. The zero-order valence-electron chi connectivity index (χ0n) is 20.5. The molecule has 6 rings (SSSR count). The smallest absolute Gasteiger partial charge is 0.240 e. The number of hydrogen-bond donors (Lipinski definition) is 2. The lowest BCUT2D eigenvalue weighted by Gasteiger charge is -2.59. The summed E-state index contributed by atoms with van der Waals surface area (Å²) in [6.07, 6.45) is 1.63. The average Bonchev–Trinajstić information content (AvgIpc) is 3.13. The fraction of sp³-hybridized carbons (Fsp3) is 0.517.